The van der Waals surface area contributed by atoms with Gasteiger partial charge in [0, 0.05) is 42.5 Å². The number of amides is 1. The average Bonchev–Trinajstić information content (AvgIpc) is 3.07. The average molecular weight is 625 g/mol. The number of halogens is 5. The summed E-state index contributed by atoms with van der Waals surface area (Å²) in [6, 6.07) is 0.684. The first-order valence-electron chi connectivity index (χ1n) is 14.5. The number of nitrogen functional groups attached to an aromatic ring is 1. The lowest BCUT2D eigenvalue weighted by Gasteiger charge is -2.29. The maximum Gasteiger partial charge on any atom is 0.573 e. The number of pyridine rings is 2. The Balaban J connectivity index is 1.81. The number of aromatic nitrogens is 2. The number of benzene rings is 1. The van der Waals surface area contributed by atoms with E-state index < -0.39 is 53.2 Å². The summed E-state index contributed by atoms with van der Waals surface area (Å²) in [6.45, 7) is 12.2. The number of aryl methyl sites for hydroxylation is 2. The Morgan fingerprint density at radius 1 is 1.16 bits per heavy atom. The summed E-state index contributed by atoms with van der Waals surface area (Å²) in [7, 11) is 0. The van der Waals surface area contributed by atoms with Gasteiger partial charge >= 0.3 is 6.36 Å². The van der Waals surface area contributed by atoms with Crippen molar-refractivity contribution in [3.05, 3.63) is 35.0 Å². The highest BCUT2D eigenvalue weighted by Gasteiger charge is 2.36. The van der Waals surface area contributed by atoms with E-state index in [0.29, 0.717) is 36.8 Å². The largest absolute Gasteiger partial charge is 0.573 e. The monoisotopic (exact) mass is 624 g/mol. The summed E-state index contributed by atoms with van der Waals surface area (Å²) in [5.74, 6) is -3.61. The Kier molecular flexibility index (Phi) is 9.71. The van der Waals surface area contributed by atoms with Crippen LogP contribution in [0, 0.1) is 25.5 Å². The zero-order valence-corrected chi connectivity index (χ0v) is 25.5. The molecule has 0 saturated heterocycles. The molecule has 4 N–H and O–H groups in total. The number of hydrogen-bond donors (Lipinski definition) is 3. The number of ether oxygens (including phenoxy) is 2. The minimum absolute atomic E-state index is 0.0119. The standard InChI is InChI=1S/C30H37F5N6O3/c1-7-10-20(29(42)41(8-2)9-3)37-13-21-16(6)43-28-23-22(14(4)15(5)38-27(23)39-21)24(32)25(40-28)18-11-17(36)12-19(31)26(18)44-30(33,34)35/h11-12,16,20-21,37H,7-10,13,36H2,1-6H3,(H,38,39). The van der Waals surface area contributed by atoms with Gasteiger partial charge in [0.1, 0.15) is 17.6 Å². The summed E-state index contributed by atoms with van der Waals surface area (Å²) in [6.07, 6.45) is -4.53. The Labute approximate surface area is 252 Å². The fourth-order valence-electron chi connectivity index (χ4n) is 5.37. The molecule has 2 aromatic heterocycles. The van der Waals surface area contributed by atoms with Crippen LogP contribution in [0.15, 0.2) is 12.1 Å². The zero-order valence-electron chi connectivity index (χ0n) is 25.5. The molecule has 0 spiro atoms. The van der Waals surface area contributed by atoms with Gasteiger partial charge < -0.3 is 30.7 Å². The number of carbonyl (C=O) groups excluding carboxylic acids is 1. The quantitative estimate of drug-likeness (QED) is 0.190. The van der Waals surface area contributed by atoms with Crippen LogP contribution >= 0.6 is 0 Å². The van der Waals surface area contributed by atoms with Crippen molar-refractivity contribution < 1.29 is 36.2 Å². The summed E-state index contributed by atoms with van der Waals surface area (Å²) >= 11 is 0. The molecule has 1 aromatic carbocycles. The number of nitrogens with zero attached hydrogens (tertiary/aromatic N) is 3. The molecule has 3 atom stereocenters. The van der Waals surface area contributed by atoms with Crippen LogP contribution in [0.4, 0.5) is 33.5 Å². The third-order valence-electron chi connectivity index (χ3n) is 7.80. The third kappa shape index (κ3) is 6.59. The highest BCUT2D eigenvalue weighted by atomic mass is 19.4. The van der Waals surface area contributed by atoms with Gasteiger partial charge in [-0.15, -0.1) is 13.2 Å². The van der Waals surface area contributed by atoms with Gasteiger partial charge in [-0.2, -0.15) is 0 Å². The van der Waals surface area contributed by atoms with Crippen molar-refractivity contribution in [2.45, 2.75) is 78.9 Å². The number of hydrogen-bond acceptors (Lipinski definition) is 8. The molecule has 3 heterocycles. The van der Waals surface area contributed by atoms with Gasteiger partial charge in [-0.3, -0.25) is 4.79 Å². The predicted molar refractivity (Wildman–Crippen MR) is 158 cm³/mol. The predicted octanol–water partition coefficient (Wildman–Crippen LogP) is 5.86. The van der Waals surface area contributed by atoms with Crippen molar-refractivity contribution >= 4 is 28.2 Å². The summed E-state index contributed by atoms with van der Waals surface area (Å²) in [5, 5.41) is 6.80. The van der Waals surface area contributed by atoms with Gasteiger partial charge in [-0.1, -0.05) is 13.3 Å². The van der Waals surface area contributed by atoms with Crippen LogP contribution in [-0.4, -0.2) is 65.0 Å². The molecule has 3 aromatic rings. The topological polar surface area (TPSA) is 115 Å². The van der Waals surface area contributed by atoms with Crippen molar-refractivity contribution in [2.24, 2.45) is 0 Å². The first kappa shape index (κ1) is 33.0. The van der Waals surface area contributed by atoms with Crippen LogP contribution in [0.1, 0.15) is 51.8 Å². The fraction of sp³-hybridized carbons (Fsp3) is 0.500. The summed E-state index contributed by atoms with van der Waals surface area (Å²) in [5.41, 5.74) is 5.05. The van der Waals surface area contributed by atoms with Gasteiger partial charge in [-0.25, -0.2) is 18.7 Å². The second-order valence-electron chi connectivity index (χ2n) is 10.8. The number of anilines is 2. The Morgan fingerprint density at radius 3 is 2.45 bits per heavy atom. The van der Waals surface area contributed by atoms with Crippen molar-refractivity contribution in [3.63, 3.8) is 0 Å². The minimum Gasteiger partial charge on any atom is -0.472 e. The van der Waals surface area contributed by atoms with Crippen LogP contribution in [0.2, 0.25) is 0 Å². The number of nitrogens with one attached hydrogen (secondary N) is 2. The van der Waals surface area contributed by atoms with Crippen molar-refractivity contribution in [1.29, 1.82) is 0 Å². The van der Waals surface area contributed by atoms with Gasteiger partial charge in [0.25, 0.3) is 0 Å². The first-order valence-corrected chi connectivity index (χ1v) is 14.5. The molecule has 240 valence electrons. The molecule has 44 heavy (non-hydrogen) atoms. The molecule has 0 saturated carbocycles. The molecule has 4 rings (SSSR count). The lowest BCUT2D eigenvalue weighted by molar-refractivity contribution is -0.275. The van der Waals surface area contributed by atoms with Crippen LogP contribution in [0.3, 0.4) is 0 Å². The molecule has 14 heteroatoms. The zero-order chi connectivity index (χ0) is 32.5. The van der Waals surface area contributed by atoms with Gasteiger partial charge in [0.15, 0.2) is 17.4 Å². The fourth-order valence-corrected chi connectivity index (χ4v) is 5.37. The molecule has 0 aliphatic carbocycles. The van der Waals surface area contributed by atoms with Crippen molar-refractivity contribution in [3.8, 4) is 22.9 Å². The lowest BCUT2D eigenvalue weighted by Crippen LogP contribution is -2.51. The minimum atomic E-state index is -5.27. The van der Waals surface area contributed by atoms with Crippen LogP contribution in [-0.2, 0) is 4.79 Å². The SMILES string of the molecule is CCCC(NCC1Nc2nc(C)c(C)c3c(F)c(-c4cc(N)cc(F)c4OC(F)(F)F)nc(c23)OC1C)C(=O)N(CC)CC. The van der Waals surface area contributed by atoms with Gasteiger partial charge in [0.05, 0.1) is 23.0 Å². The number of nitrogens with two attached hydrogens (primary N) is 1. The second kappa shape index (κ2) is 13.0. The molecule has 9 nitrogen and oxygen atoms in total. The number of likely N-dealkylation sites (N-methyl/N-ethyl adjacent to an activating group) is 1. The number of alkyl halides is 3. The molecule has 1 amide bonds. The first-order chi connectivity index (χ1) is 20.7. The van der Waals surface area contributed by atoms with Gasteiger partial charge in [-0.05, 0) is 52.7 Å². The second-order valence-corrected chi connectivity index (χ2v) is 10.8. The molecule has 3 unspecified atom stereocenters. The smallest absolute Gasteiger partial charge is 0.472 e. The van der Waals surface area contributed by atoms with E-state index in [9.17, 15) is 22.4 Å². The maximum absolute atomic E-state index is 16.4. The molecular weight excluding hydrogens is 587 g/mol. The van der Waals surface area contributed by atoms with E-state index in [1.54, 1.807) is 25.7 Å². The summed E-state index contributed by atoms with van der Waals surface area (Å²) < 4.78 is 81.0. The highest BCUT2D eigenvalue weighted by molar-refractivity contribution is 6.01. The number of carbonyl (C=O) groups is 1. The molecule has 1 aliphatic heterocycles. The van der Waals surface area contributed by atoms with E-state index in [4.69, 9.17) is 10.5 Å². The number of rotatable bonds is 10. The van der Waals surface area contributed by atoms with Crippen LogP contribution in [0.25, 0.3) is 22.0 Å². The van der Waals surface area contributed by atoms with Crippen LogP contribution in [0.5, 0.6) is 11.6 Å². The normalized spacial score (nSPS) is 17.1. The van der Waals surface area contributed by atoms with E-state index >= 15 is 4.39 Å². The molecule has 0 radical (unpaired) electrons. The maximum atomic E-state index is 16.4. The molecular formula is C30H37F5N6O3. The van der Waals surface area contributed by atoms with Gasteiger partial charge in [0.2, 0.25) is 11.8 Å². The van der Waals surface area contributed by atoms with Crippen molar-refractivity contribution in [2.75, 3.05) is 30.7 Å². The highest BCUT2D eigenvalue weighted by Crippen LogP contribution is 2.44. The Bertz CT molecular complexity index is 1550. The summed E-state index contributed by atoms with van der Waals surface area (Å²) in [4.78, 5) is 23.8. The lowest BCUT2D eigenvalue weighted by atomic mass is 10.0. The Morgan fingerprint density at radius 2 is 1.84 bits per heavy atom. The van der Waals surface area contributed by atoms with E-state index in [1.165, 1.54) is 0 Å². The van der Waals surface area contributed by atoms with E-state index in [1.807, 2.05) is 20.8 Å². The van der Waals surface area contributed by atoms with E-state index in [-0.39, 0.29) is 40.6 Å². The third-order valence-corrected chi connectivity index (χ3v) is 7.80. The molecule has 0 bridgehead atoms. The molecule has 1 aliphatic rings. The molecule has 0 fully saturated rings. The van der Waals surface area contributed by atoms with E-state index in [2.05, 4.69) is 25.3 Å². The van der Waals surface area contributed by atoms with Crippen molar-refractivity contribution in [1.82, 2.24) is 20.2 Å². The van der Waals surface area contributed by atoms with E-state index in [0.717, 1.165) is 12.5 Å². The van der Waals surface area contributed by atoms with Crippen LogP contribution < -0.4 is 25.8 Å². The Hall–Kier alpha value is -3.94.